The highest BCUT2D eigenvalue weighted by Gasteiger charge is 2.17. The van der Waals surface area contributed by atoms with Gasteiger partial charge in [0.1, 0.15) is 0 Å². The fourth-order valence-electron chi connectivity index (χ4n) is 2.90. The minimum absolute atomic E-state index is 0.190. The number of hydrogen-bond donors (Lipinski definition) is 3. The quantitative estimate of drug-likeness (QED) is 0.395. The Hall–Kier alpha value is -3.43. The van der Waals surface area contributed by atoms with Crippen molar-refractivity contribution in [1.29, 1.82) is 0 Å². The van der Waals surface area contributed by atoms with Crippen molar-refractivity contribution in [3.63, 3.8) is 0 Å². The number of amides is 3. The van der Waals surface area contributed by atoms with Gasteiger partial charge in [0.15, 0.2) is 5.76 Å². The Morgan fingerprint density at radius 1 is 1.03 bits per heavy atom. The molecule has 0 bridgehead atoms. The topological polar surface area (TPSA) is 110 Å². The number of thiophene rings is 1. The standard InChI is InChI=1S/C23H25N3O5S/c1-3-30-11-6-10-24-21(27)16-7-4-8-17(14-16)25-23(29)20-15(2)13-19(32-20)26-22(28)18-9-5-12-31-18/h4-5,7-9,12-14H,3,6,10-11H2,1-2H3,(H,24,27)(H,25,29)(H,26,28). The molecular formula is C23H25N3O5S. The van der Waals surface area contributed by atoms with E-state index in [1.54, 1.807) is 49.4 Å². The number of rotatable bonds is 10. The second-order valence-corrected chi connectivity index (χ2v) is 7.95. The zero-order valence-corrected chi connectivity index (χ0v) is 18.7. The van der Waals surface area contributed by atoms with E-state index in [2.05, 4.69) is 16.0 Å². The first-order valence-electron chi connectivity index (χ1n) is 10.2. The Balaban J connectivity index is 1.60. The van der Waals surface area contributed by atoms with Gasteiger partial charge in [0.05, 0.1) is 16.1 Å². The van der Waals surface area contributed by atoms with Gasteiger partial charge in [-0.3, -0.25) is 14.4 Å². The van der Waals surface area contributed by atoms with Crippen molar-refractivity contribution in [2.75, 3.05) is 30.4 Å². The second kappa shape index (κ2) is 11.3. The van der Waals surface area contributed by atoms with Crippen molar-refractivity contribution in [2.24, 2.45) is 0 Å². The molecule has 32 heavy (non-hydrogen) atoms. The number of nitrogens with one attached hydrogen (secondary N) is 3. The summed E-state index contributed by atoms with van der Waals surface area (Å²) in [5.41, 5.74) is 1.69. The molecule has 3 N–H and O–H groups in total. The fraction of sp³-hybridized carbons (Fsp3) is 0.261. The smallest absolute Gasteiger partial charge is 0.291 e. The van der Waals surface area contributed by atoms with Crippen LogP contribution in [-0.2, 0) is 4.74 Å². The number of carbonyl (C=O) groups is 3. The lowest BCUT2D eigenvalue weighted by atomic mass is 10.2. The van der Waals surface area contributed by atoms with Crippen molar-refractivity contribution in [3.8, 4) is 0 Å². The SMILES string of the molecule is CCOCCCNC(=O)c1cccc(NC(=O)c2sc(NC(=O)c3ccco3)cc2C)c1. The minimum atomic E-state index is -0.386. The van der Waals surface area contributed by atoms with Crippen LogP contribution in [-0.4, -0.2) is 37.5 Å². The molecule has 2 aromatic heterocycles. The first kappa shape index (κ1) is 23.2. The summed E-state index contributed by atoms with van der Waals surface area (Å²) in [6.45, 7) is 5.47. The highest BCUT2D eigenvalue weighted by Crippen LogP contribution is 2.28. The zero-order chi connectivity index (χ0) is 22.9. The van der Waals surface area contributed by atoms with Gasteiger partial charge in [0.25, 0.3) is 17.7 Å². The highest BCUT2D eigenvalue weighted by atomic mass is 32.1. The lowest BCUT2D eigenvalue weighted by molar-refractivity contribution is 0.0942. The summed E-state index contributed by atoms with van der Waals surface area (Å²) >= 11 is 1.16. The molecule has 0 aliphatic rings. The predicted molar refractivity (Wildman–Crippen MR) is 124 cm³/mol. The van der Waals surface area contributed by atoms with E-state index in [0.29, 0.717) is 40.9 Å². The van der Waals surface area contributed by atoms with Gasteiger partial charge < -0.3 is 25.1 Å². The molecule has 0 unspecified atom stereocenters. The van der Waals surface area contributed by atoms with Gasteiger partial charge in [0, 0.05) is 31.0 Å². The van der Waals surface area contributed by atoms with Crippen LogP contribution in [0, 0.1) is 6.92 Å². The van der Waals surface area contributed by atoms with E-state index in [0.717, 1.165) is 23.3 Å². The van der Waals surface area contributed by atoms with Crippen LogP contribution in [0.2, 0.25) is 0 Å². The van der Waals surface area contributed by atoms with Crippen molar-refractivity contribution >= 4 is 39.7 Å². The van der Waals surface area contributed by atoms with Crippen LogP contribution in [0.15, 0.2) is 53.1 Å². The summed E-state index contributed by atoms with van der Waals surface area (Å²) in [6, 6.07) is 11.7. The van der Waals surface area contributed by atoms with Crippen LogP contribution in [0.4, 0.5) is 10.7 Å². The molecule has 168 valence electrons. The van der Waals surface area contributed by atoms with Crippen LogP contribution in [0.1, 0.15) is 49.5 Å². The van der Waals surface area contributed by atoms with Crippen molar-refractivity contribution in [3.05, 3.63) is 70.5 Å². The molecule has 2 heterocycles. The number of anilines is 2. The molecule has 0 saturated carbocycles. The van der Waals surface area contributed by atoms with Crippen molar-refractivity contribution in [1.82, 2.24) is 5.32 Å². The van der Waals surface area contributed by atoms with Crippen LogP contribution in [0.5, 0.6) is 0 Å². The molecule has 0 fully saturated rings. The molecule has 0 atom stereocenters. The number of carbonyl (C=O) groups excluding carboxylic acids is 3. The Morgan fingerprint density at radius 3 is 2.62 bits per heavy atom. The third-order valence-corrected chi connectivity index (χ3v) is 5.59. The van der Waals surface area contributed by atoms with Crippen LogP contribution >= 0.6 is 11.3 Å². The molecule has 3 amide bonds. The summed E-state index contributed by atoms with van der Waals surface area (Å²) in [4.78, 5) is 37.7. The van der Waals surface area contributed by atoms with Crippen LogP contribution in [0.3, 0.4) is 0 Å². The molecule has 3 rings (SSSR count). The normalized spacial score (nSPS) is 10.6. The molecule has 9 heteroatoms. The number of aryl methyl sites for hydroxylation is 1. The van der Waals surface area contributed by atoms with E-state index in [9.17, 15) is 14.4 Å². The maximum Gasteiger partial charge on any atom is 0.291 e. The van der Waals surface area contributed by atoms with Gasteiger partial charge in [-0.25, -0.2) is 0 Å². The molecule has 1 aromatic carbocycles. The Bertz CT molecular complexity index is 1080. The lowest BCUT2D eigenvalue weighted by Crippen LogP contribution is -2.25. The van der Waals surface area contributed by atoms with Crippen molar-refractivity contribution in [2.45, 2.75) is 20.3 Å². The van der Waals surface area contributed by atoms with Gasteiger partial charge in [-0.1, -0.05) is 6.07 Å². The van der Waals surface area contributed by atoms with E-state index in [1.807, 2.05) is 6.92 Å². The summed E-state index contributed by atoms with van der Waals surface area (Å²) in [7, 11) is 0. The molecular weight excluding hydrogens is 430 g/mol. The first-order valence-corrected chi connectivity index (χ1v) is 11.0. The Kier molecular flexibility index (Phi) is 8.18. The van der Waals surface area contributed by atoms with E-state index in [4.69, 9.17) is 9.15 Å². The number of hydrogen-bond acceptors (Lipinski definition) is 6. The molecule has 0 aliphatic carbocycles. The molecule has 3 aromatic rings. The van der Waals surface area contributed by atoms with E-state index in [-0.39, 0.29) is 23.5 Å². The second-order valence-electron chi connectivity index (χ2n) is 6.90. The van der Waals surface area contributed by atoms with Crippen LogP contribution in [0.25, 0.3) is 0 Å². The molecule has 0 spiro atoms. The van der Waals surface area contributed by atoms with Crippen molar-refractivity contribution < 1.29 is 23.5 Å². The fourth-order valence-corrected chi connectivity index (χ4v) is 3.86. The molecule has 0 saturated heterocycles. The minimum Gasteiger partial charge on any atom is -0.459 e. The van der Waals surface area contributed by atoms with E-state index < -0.39 is 0 Å². The van der Waals surface area contributed by atoms with E-state index >= 15 is 0 Å². The van der Waals surface area contributed by atoms with Crippen LogP contribution < -0.4 is 16.0 Å². The third kappa shape index (κ3) is 6.29. The number of benzene rings is 1. The molecule has 8 nitrogen and oxygen atoms in total. The van der Waals surface area contributed by atoms with Gasteiger partial charge in [-0.05, 0) is 62.2 Å². The number of ether oxygens (including phenoxy) is 1. The Morgan fingerprint density at radius 2 is 1.88 bits per heavy atom. The molecule has 0 aliphatic heterocycles. The average Bonchev–Trinajstić information content (AvgIpc) is 3.43. The van der Waals surface area contributed by atoms with Gasteiger partial charge >= 0.3 is 0 Å². The summed E-state index contributed by atoms with van der Waals surface area (Å²) < 4.78 is 10.3. The van der Waals surface area contributed by atoms with Gasteiger partial charge in [-0.15, -0.1) is 11.3 Å². The van der Waals surface area contributed by atoms with Gasteiger partial charge in [-0.2, -0.15) is 0 Å². The largest absolute Gasteiger partial charge is 0.459 e. The third-order valence-electron chi connectivity index (χ3n) is 4.44. The Labute approximate surface area is 190 Å². The maximum atomic E-state index is 12.8. The summed E-state index contributed by atoms with van der Waals surface area (Å²) in [5, 5.41) is 8.91. The lowest BCUT2D eigenvalue weighted by Gasteiger charge is -2.08. The maximum absolute atomic E-state index is 12.8. The summed E-state index contributed by atoms with van der Waals surface area (Å²) in [6.07, 6.45) is 2.15. The average molecular weight is 456 g/mol. The predicted octanol–water partition coefficient (Wildman–Crippen LogP) is 4.31. The highest BCUT2D eigenvalue weighted by molar-refractivity contribution is 7.18. The summed E-state index contributed by atoms with van der Waals surface area (Å²) in [5.74, 6) is -0.730. The zero-order valence-electron chi connectivity index (χ0n) is 17.9. The monoisotopic (exact) mass is 455 g/mol. The van der Waals surface area contributed by atoms with Gasteiger partial charge in [0.2, 0.25) is 0 Å². The van der Waals surface area contributed by atoms with E-state index in [1.165, 1.54) is 6.26 Å². The number of furan rings is 1. The molecule has 0 radical (unpaired) electrons. The first-order chi connectivity index (χ1) is 15.5.